The van der Waals surface area contributed by atoms with Gasteiger partial charge in [0.2, 0.25) is 0 Å². The monoisotopic (exact) mass is 356 g/mol. The highest BCUT2D eigenvalue weighted by Crippen LogP contribution is 2.45. The molecule has 0 aromatic heterocycles. The van der Waals surface area contributed by atoms with Gasteiger partial charge in [0.15, 0.2) is 0 Å². The zero-order valence-corrected chi connectivity index (χ0v) is 16.2. The molecule has 138 valence electrons. The van der Waals surface area contributed by atoms with Gasteiger partial charge >= 0.3 is 7.60 Å². The van der Waals surface area contributed by atoms with Crippen LogP contribution in [0.2, 0.25) is 0 Å². The van der Waals surface area contributed by atoms with Gasteiger partial charge in [-0.1, -0.05) is 52.2 Å². The lowest BCUT2D eigenvalue weighted by Crippen LogP contribution is -2.12. The third-order valence-corrected chi connectivity index (χ3v) is 5.89. The third kappa shape index (κ3) is 6.58. The van der Waals surface area contributed by atoms with E-state index in [-0.39, 0.29) is 0 Å². The van der Waals surface area contributed by atoms with Crippen LogP contribution < -0.4 is 0 Å². The Kier molecular flexibility index (Phi) is 9.04. The first-order valence-corrected chi connectivity index (χ1v) is 10.9. The molecule has 0 aliphatic carbocycles. The van der Waals surface area contributed by atoms with Crippen LogP contribution in [0.25, 0.3) is 0 Å². The maximum absolute atomic E-state index is 11.8. The Morgan fingerprint density at radius 2 is 1.46 bits per heavy atom. The van der Waals surface area contributed by atoms with E-state index in [0.717, 1.165) is 61.6 Å². The summed E-state index contributed by atoms with van der Waals surface area (Å²) in [5, 5.41) is 10.5. The molecule has 1 aromatic carbocycles. The highest BCUT2D eigenvalue weighted by atomic mass is 31.2. The van der Waals surface area contributed by atoms with E-state index in [0.29, 0.717) is 18.6 Å². The minimum Gasteiger partial charge on any atom is -0.507 e. The Labute approximate surface area is 146 Å². The second-order valence-electron chi connectivity index (χ2n) is 6.71. The largest absolute Gasteiger partial charge is 0.507 e. The van der Waals surface area contributed by atoms with Crippen molar-refractivity contribution in [3.8, 4) is 5.75 Å². The van der Waals surface area contributed by atoms with Crippen LogP contribution in [0.1, 0.15) is 76.0 Å². The number of aromatic hydroxyl groups is 1. The van der Waals surface area contributed by atoms with Crippen molar-refractivity contribution in [2.75, 3.05) is 0 Å². The number of benzene rings is 1. The molecule has 24 heavy (non-hydrogen) atoms. The fourth-order valence-electron chi connectivity index (χ4n) is 3.06. The van der Waals surface area contributed by atoms with Crippen molar-refractivity contribution in [3.63, 3.8) is 0 Å². The quantitative estimate of drug-likeness (QED) is 0.489. The van der Waals surface area contributed by atoms with Gasteiger partial charge in [0, 0.05) is 0 Å². The van der Waals surface area contributed by atoms with Crippen LogP contribution in [0.15, 0.2) is 12.1 Å². The van der Waals surface area contributed by atoms with E-state index >= 15 is 0 Å². The first kappa shape index (κ1) is 21.2. The summed E-state index contributed by atoms with van der Waals surface area (Å²) in [6.45, 7) is 6.17. The molecule has 1 aromatic rings. The summed E-state index contributed by atoms with van der Waals surface area (Å²) in [5.74, 6) is 0.379. The predicted octanol–water partition coefficient (Wildman–Crippen LogP) is 4.97. The van der Waals surface area contributed by atoms with Crippen LogP contribution in [-0.4, -0.2) is 20.6 Å². The molecule has 0 saturated heterocycles. The molecular formula is C19H33O4P. The summed E-state index contributed by atoms with van der Waals surface area (Å²) in [7, 11) is -4.10. The molecule has 0 spiro atoms. The van der Waals surface area contributed by atoms with Gasteiger partial charge < -0.3 is 14.9 Å². The zero-order valence-electron chi connectivity index (χ0n) is 15.3. The molecule has 0 bridgehead atoms. The van der Waals surface area contributed by atoms with Crippen LogP contribution in [-0.2, 0) is 23.8 Å². The lowest BCUT2D eigenvalue weighted by Gasteiger charge is -2.19. The second kappa shape index (κ2) is 10.2. The number of rotatable bonds is 11. The molecule has 3 N–H and O–H groups in total. The fourth-order valence-corrected chi connectivity index (χ4v) is 4.10. The minimum atomic E-state index is -4.10. The van der Waals surface area contributed by atoms with Crippen molar-refractivity contribution in [1.82, 2.24) is 0 Å². The maximum Gasteiger partial charge on any atom is 0.328 e. The second-order valence-corrected chi connectivity index (χ2v) is 8.61. The number of hydrogen-bond donors (Lipinski definition) is 3. The molecule has 0 saturated carbocycles. The van der Waals surface area contributed by atoms with Crippen LogP contribution in [0.3, 0.4) is 0 Å². The van der Waals surface area contributed by atoms with Crippen molar-refractivity contribution in [3.05, 3.63) is 28.8 Å². The molecule has 0 aliphatic heterocycles. The summed E-state index contributed by atoms with van der Waals surface area (Å²) in [6.07, 6.45) is 7.36. The standard InChI is InChI=1S/C19H33O4P/c1-4-7-10-16-12-15(13-17(19(16)20)11-8-5-2)14-18(9-6-3)24(21,22)23/h12-13,18,20H,4-11,14H2,1-3H3,(H2,21,22,23). The maximum atomic E-state index is 11.8. The summed E-state index contributed by atoms with van der Waals surface area (Å²) in [6, 6.07) is 3.89. The number of aryl methyl sites for hydroxylation is 2. The van der Waals surface area contributed by atoms with Gasteiger partial charge in [-0.25, -0.2) is 0 Å². The normalized spacial score (nSPS) is 13.2. The van der Waals surface area contributed by atoms with Crippen LogP contribution in [0.4, 0.5) is 0 Å². The van der Waals surface area contributed by atoms with Crippen molar-refractivity contribution in [2.24, 2.45) is 0 Å². The lowest BCUT2D eigenvalue weighted by molar-refractivity contribution is 0.353. The predicted molar refractivity (Wildman–Crippen MR) is 99.8 cm³/mol. The summed E-state index contributed by atoms with van der Waals surface area (Å²) >= 11 is 0. The number of phenolic OH excluding ortho intramolecular Hbond substituents is 1. The van der Waals surface area contributed by atoms with Crippen LogP contribution >= 0.6 is 7.60 Å². The average molecular weight is 356 g/mol. The van der Waals surface area contributed by atoms with E-state index in [1.165, 1.54) is 0 Å². The summed E-state index contributed by atoms with van der Waals surface area (Å²) < 4.78 is 11.8. The van der Waals surface area contributed by atoms with Crippen LogP contribution in [0.5, 0.6) is 5.75 Å². The smallest absolute Gasteiger partial charge is 0.328 e. The summed E-state index contributed by atoms with van der Waals surface area (Å²) in [5.41, 5.74) is 2.14. The Hall–Kier alpha value is -0.830. The number of unbranched alkanes of at least 4 members (excludes halogenated alkanes) is 2. The van der Waals surface area contributed by atoms with Gasteiger partial charge in [-0.15, -0.1) is 0 Å². The molecule has 1 rings (SSSR count). The molecule has 0 radical (unpaired) electrons. The van der Waals surface area contributed by atoms with Crippen molar-refractivity contribution >= 4 is 7.60 Å². The van der Waals surface area contributed by atoms with E-state index < -0.39 is 13.3 Å². The van der Waals surface area contributed by atoms with Crippen molar-refractivity contribution in [1.29, 1.82) is 0 Å². The average Bonchev–Trinajstić information content (AvgIpc) is 2.52. The Bertz CT molecular complexity index is 521. The fraction of sp³-hybridized carbons (Fsp3) is 0.684. The molecule has 1 atom stereocenters. The lowest BCUT2D eigenvalue weighted by atomic mass is 9.94. The van der Waals surface area contributed by atoms with Gasteiger partial charge in [-0.3, -0.25) is 4.57 Å². The number of phenols is 1. The molecule has 5 heteroatoms. The van der Waals surface area contributed by atoms with Crippen molar-refractivity contribution < 1.29 is 19.5 Å². The molecule has 0 fully saturated rings. The van der Waals surface area contributed by atoms with E-state index in [2.05, 4.69) is 13.8 Å². The van der Waals surface area contributed by atoms with Gasteiger partial charge in [0.1, 0.15) is 5.75 Å². The highest BCUT2D eigenvalue weighted by molar-refractivity contribution is 7.52. The van der Waals surface area contributed by atoms with Gasteiger partial charge in [0.05, 0.1) is 5.66 Å². The summed E-state index contributed by atoms with van der Waals surface area (Å²) in [4.78, 5) is 19.2. The zero-order chi connectivity index (χ0) is 18.2. The third-order valence-electron chi connectivity index (χ3n) is 4.50. The number of hydrogen-bond acceptors (Lipinski definition) is 2. The van der Waals surface area contributed by atoms with Crippen molar-refractivity contribution in [2.45, 2.75) is 84.2 Å². The SMILES string of the molecule is CCCCc1cc(CC(CCC)P(=O)(O)O)cc(CCCC)c1O. The van der Waals surface area contributed by atoms with E-state index in [1.54, 1.807) is 0 Å². The van der Waals surface area contributed by atoms with E-state index in [9.17, 15) is 19.5 Å². The first-order chi connectivity index (χ1) is 11.3. The topological polar surface area (TPSA) is 77.8 Å². The van der Waals surface area contributed by atoms with E-state index in [4.69, 9.17) is 0 Å². The van der Waals surface area contributed by atoms with Gasteiger partial charge in [-0.05, 0) is 55.2 Å². The van der Waals surface area contributed by atoms with E-state index in [1.807, 2.05) is 19.1 Å². The Morgan fingerprint density at radius 1 is 0.958 bits per heavy atom. The minimum absolute atomic E-state index is 0.372. The molecule has 4 nitrogen and oxygen atoms in total. The first-order valence-electron chi connectivity index (χ1n) is 9.22. The van der Waals surface area contributed by atoms with Gasteiger partial charge in [-0.2, -0.15) is 0 Å². The molecule has 0 amide bonds. The molecular weight excluding hydrogens is 323 g/mol. The Morgan fingerprint density at radius 3 is 1.83 bits per heavy atom. The molecule has 0 heterocycles. The molecule has 0 aliphatic rings. The highest BCUT2D eigenvalue weighted by Gasteiger charge is 2.28. The van der Waals surface area contributed by atoms with Crippen LogP contribution in [0, 0.1) is 0 Å². The Balaban J connectivity index is 3.13. The van der Waals surface area contributed by atoms with Gasteiger partial charge in [0.25, 0.3) is 0 Å². The molecule has 1 unspecified atom stereocenters.